The van der Waals surface area contributed by atoms with Crippen LogP contribution in [0.3, 0.4) is 0 Å². The number of hydrogen-bond donors (Lipinski definition) is 1. The number of nitrogens with zero attached hydrogens (tertiary/aromatic N) is 3. The topological polar surface area (TPSA) is 66.0 Å². The molecule has 0 aliphatic heterocycles. The molecule has 0 radical (unpaired) electrons. The van der Waals surface area contributed by atoms with Gasteiger partial charge >= 0.3 is 0 Å². The van der Waals surface area contributed by atoms with Crippen LogP contribution in [0.4, 0.5) is 0 Å². The van der Waals surface area contributed by atoms with Crippen LogP contribution < -0.4 is 5.73 Å². The number of rotatable bonds is 6. The Hall–Kier alpha value is -0.940. The third-order valence-corrected chi connectivity index (χ3v) is 2.83. The van der Waals surface area contributed by atoms with E-state index in [1.807, 2.05) is 7.05 Å². The lowest BCUT2D eigenvalue weighted by Gasteiger charge is -2.25. The second-order valence-corrected chi connectivity index (χ2v) is 3.86. The molecule has 86 valence electrons. The van der Waals surface area contributed by atoms with Gasteiger partial charge in [-0.25, -0.2) is 4.98 Å². The Balaban J connectivity index is 2.36. The van der Waals surface area contributed by atoms with Gasteiger partial charge < -0.3 is 10.5 Å². The Bertz CT molecular complexity index is 293. The molecule has 0 bridgehead atoms. The fourth-order valence-electron chi connectivity index (χ4n) is 1.25. The van der Waals surface area contributed by atoms with Crippen LogP contribution in [-0.4, -0.2) is 26.9 Å². The normalized spacial score (nSPS) is 12.0. The van der Waals surface area contributed by atoms with E-state index >= 15 is 0 Å². The number of aryl methyl sites for hydroxylation is 1. The summed E-state index contributed by atoms with van der Waals surface area (Å²) in [4.78, 5) is 4.07. The maximum Gasteiger partial charge on any atom is 0.152 e. The van der Waals surface area contributed by atoms with E-state index in [0.29, 0.717) is 13.2 Å². The molecule has 0 amide bonds. The van der Waals surface area contributed by atoms with Crippen molar-refractivity contribution >= 4 is 0 Å². The molecule has 1 rings (SSSR count). The molecule has 5 nitrogen and oxygen atoms in total. The summed E-state index contributed by atoms with van der Waals surface area (Å²) in [6.07, 6.45) is 3.36. The molecule has 0 aliphatic rings. The van der Waals surface area contributed by atoms with E-state index < -0.39 is 0 Å². The molecule has 2 N–H and O–H groups in total. The summed E-state index contributed by atoms with van der Waals surface area (Å²) in [6, 6.07) is 0. The zero-order valence-corrected chi connectivity index (χ0v) is 9.73. The lowest BCUT2D eigenvalue weighted by Crippen LogP contribution is -2.43. The highest BCUT2D eigenvalue weighted by Crippen LogP contribution is 2.12. The molecular formula is C10H20N4O. The Labute approximate surface area is 90.6 Å². The summed E-state index contributed by atoms with van der Waals surface area (Å²) < 4.78 is 7.26. The van der Waals surface area contributed by atoms with E-state index in [1.165, 1.54) is 6.33 Å². The Morgan fingerprint density at radius 3 is 2.60 bits per heavy atom. The highest BCUT2D eigenvalue weighted by Gasteiger charge is 2.20. The van der Waals surface area contributed by atoms with Gasteiger partial charge in [-0.1, -0.05) is 13.8 Å². The summed E-state index contributed by atoms with van der Waals surface area (Å²) >= 11 is 0. The third kappa shape index (κ3) is 3.28. The van der Waals surface area contributed by atoms with Crippen LogP contribution in [0.2, 0.25) is 0 Å². The zero-order chi connectivity index (χ0) is 11.3. The molecule has 0 aliphatic carbocycles. The van der Waals surface area contributed by atoms with Gasteiger partial charge in [0.15, 0.2) is 5.82 Å². The molecule has 0 saturated heterocycles. The van der Waals surface area contributed by atoms with Crippen molar-refractivity contribution in [2.45, 2.75) is 38.8 Å². The van der Waals surface area contributed by atoms with Gasteiger partial charge in [0.05, 0.1) is 6.61 Å². The van der Waals surface area contributed by atoms with E-state index in [-0.39, 0.29) is 5.54 Å². The van der Waals surface area contributed by atoms with Gasteiger partial charge in [-0.2, -0.15) is 5.10 Å². The van der Waals surface area contributed by atoms with E-state index in [9.17, 15) is 0 Å². The second kappa shape index (κ2) is 5.23. The maximum absolute atomic E-state index is 6.11. The minimum absolute atomic E-state index is 0.210. The standard InChI is InChI=1S/C10H20N4O/c1-4-10(11,5-2)7-15-6-9-12-8-13-14(9)3/h8H,4-7,11H2,1-3H3. The molecule has 1 aromatic heterocycles. The molecule has 0 spiro atoms. The summed E-state index contributed by atoms with van der Waals surface area (Å²) in [5.74, 6) is 0.824. The van der Waals surface area contributed by atoms with Gasteiger partial charge in [0.2, 0.25) is 0 Å². The molecule has 1 aromatic rings. The number of ether oxygens (including phenoxy) is 1. The first-order valence-electron chi connectivity index (χ1n) is 5.31. The lowest BCUT2D eigenvalue weighted by molar-refractivity contribution is 0.0641. The van der Waals surface area contributed by atoms with Gasteiger partial charge in [0.1, 0.15) is 12.9 Å². The van der Waals surface area contributed by atoms with Crippen LogP contribution in [0.15, 0.2) is 6.33 Å². The maximum atomic E-state index is 6.11. The van der Waals surface area contributed by atoms with Crippen LogP contribution >= 0.6 is 0 Å². The summed E-state index contributed by atoms with van der Waals surface area (Å²) in [5, 5.41) is 3.97. The van der Waals surface area contributed by atoms with Gasteiger partial charge in [-0.15, -0.1) is 0 Å². The predicted octanol–water partition coefficient (Wildman–Crippen LogP) is 0.849. The highest BCUT2D eigenvalue weighted by atomic mass is 16.5. The summed E-state index contributed by atoms with van der Waals surface area (Å²) in [5.41, 5.74) is 5.90. The minimum Gasteiger partial charge on any atom is -0.372 e. The van der Waals surface area contributed by atoms with Crippen LogP contribution in [-0.2, 0) is 18.4 Å². The van der Waals surface area contributed by atoms with Crippen molar-refractivity contribution in [1.29, 1.82) is 0 Å². The lowest BCUT2D eigenvalue weighted by atomic mass is 9.96. The first kappa shape index (κ1) is 12.1. The number of nitrogens with two attached hydrogens (primary N) is 1. The molecular weight excluding hydrogens is 192 g/mol. The average Bonchev–Trinajstić information content (AvgIpc) is 2.64. The zero-order valence-electron chi connectivity index (χ0n) is 9.73. The smallest absolute Gasteiger partial charge is 0.152 e. The van der Waals surface area contributed by atoms with Crippen molar-refractivity contribution in [3.05, 3.63) is 12.2 Å². The largest absolute Gasteiger partial charge is 0.372 e. The van der Waals surface area contributed by atoms with Crippen molar-refractivity contribution in [2.75, 3.05) is 6.61 Å². The van der Waals surface area contributed by atoms with Gasteiger partial charge in [-0.05, 0) is 12.8 Å². The van der Waals surface area contributed by atoms with Gasteiger partial charge in [0.25, 0.3) is 0 Å². The quantitative estimate of drug-likeness (QED) is 0.759. The van der Waals surface area contributed by atoms with Crippen LogP contribution in [0, 0.1) is 0 Å². The fraction of sp³-hybridized carbons (Fsp3) is 0.800. The Morgan fingerprint density at radius 1 is 1.47 bits per heavy atom. The minimum atomic E-state index is -0.210. The van der Waals surface area contributed by atoms with E-state index in [4.69, 9.17) is 10.5 Å². The third-order valence-electron chi connectivity index (χ3n) is 2.83. The fourth-order valence-corrected chi connectivity index (χ4v) is 1.25. The monoisotopic (exact) mass is 212 g/mol. The Morgan fingerprint density at radius 2 is 2.13 bits per heavy atom. The van der Waals surface area contributed by atoms with Crippen LogP contribution in [0.5, 0.6) is 0 Å². The number of hydrogen-bond acceptors (Lipinski definition) is 4. The molecule has 15 heavy (non-hydrogen) atoms. The SMILES string of the molecule is CCC(N)(CC)COCc1ncnn1C. The van der Waals surface area contributed by atoms with Crippen LogP contribution in [0.1, 0.15) is 32.5 Å². The van der Waals surface area contributed by atoms with Crippen molar-refractivity contribution in [2.24, 2.45) is 12.8 Å². The molecule has 0 aromatic carbocycles. The molecule has 5 heteroatoms. The molecule has 0 fully saturated rings. The average molecular weight is 212 g/mol. The van der Waals surface area contributed by atoms with Crippen molar-refractivity contribution in [3.63, 3.8) is 0 Å². The first-order chi connectivity index (χ1) is 7.11. The van der Waals surface area contributed by atoms with Crippen molar-refractivity contribution < 1.29 is 4.74 Å². The van der Waals surface area contributed by atoms with Crippen molar-refractivity contribution in [1.82, 2.24) is 14.8 Å². The van der Waals surface area contributed by atoms with Gasteiger partial charge in [0, 0.05) is 12.6 Å². The van der Waals surface area contributed by atoms with Gasteiger partial charge in [-0.3, -0.25) is 4.68 Å². The second-order valence-electron chi connectivity index (χ2n) is 3.86. The van der Waals surface area contributed by atoms with E-state index in [1.54, 1.807) is 4.68 Å². The first-order valence-corrected chi connectivity index (χ1v) is 5.31. The highest BCUT2D eigenvalue weighted by molar-refractivity contribution is 4.83. The molecule has 0 saturated carbocycles. The summed E-state index contributed by atoms with van der Waals surface area (Å²) in [6.45, 7) is 5.19. The molecule has 0 atom stereocenters. The molecule has 1 heterocycles. The molecule has 0 unspecified atom stereocenters. The summed E-state index contributed by atoms with van der Waals surface area (Å²) in [7, 11) is 1.85. The number of aromatic nitrogens is 3. The van der Waals surface area contributed by atoms with E-state index in [0.717, 1.165) is 18.7 Å². The van der Waals surface area contributed by atoms with Crippen molar-refractivity contribution in [3.8, 4) is 0 Å². The predicted molar refractivity (Wildman–Crippen MR) is 58.2 cm³/mol. The van der Waals surface area contributed by atoms with E-state index in [2.05, 4.69) is 23.9 Å². The Kier molecular flexibility index (Phi) is 4.23. The van der Waals surface area contributed by atoms with Crippen LogP contribution in [0.25, 0.3) is 0 Å².